The van der Waals surface area contributed by atoms with Crippen LogP contribution < -0.4 is 0 Å². The van der Waals surface area contributed by atoms with E-state index in [1.807, 2.05) is 24.3 Å². The lowest BCUT2D eigenvalue weighted by Crippen LogP contribution is -2.04. The van der Waals surface area contributed by atoms with E-state index in [1.165, 1.54) is 10.8 Å². The molecule has 0 saturated carbocycles. The minimum atomic E-state index is -0.627. The number of halogens is 1. The average molecular weight is 284 g/mol. The topological polar surface area (TPSA) is 33.1 Å². The largest absolute Gasteiger partial charge is 0.386 e. The van der Waals surface area contributed by atoms with Gasteiger partial charge >= 0.3 is 0 Å². The molecule has 0 aliphatic carbocycles. The molecule has 100 valence electrons. The van der Waals surface area contributed by atoms with Gasteiger partial charge in [0.2, 0.25) is 0 Å². The zero-order chi connectivity index (χ0) is 13.9. The van der Waals surface area contributed by atoms with Gasteiger partial charge in [-0.05, 0) is 28.5 Å². The Morgan fingerprint density at radius 3 is 2.60 bits per heavy atom. The quantitative estimate of drug-likeness (QED) is 0.783. The van der Waals surface area contributed by atoms with Crippen molar-refractivity contribution in [3.05, 3.63) is 77.1 Å². The van der Waals surface area contributed by atoms with E-state index >= 15 is 0 Å². The normalized spacial score (nSPS) is 12.5. The third-order valence-electron chi connectivity index (χ3n) is 3.38. The minimum Gasteiger partial charge on any atom is -0.386 e. The third-order valence-corrected chi connectivity index (χ3v) is 3.61. The molecule has 1 aromatic heterocycles. The van der Waals surface area contributed by atoms with Gasteiger partial charge in [0.15, 0.2) is 0 Å². The summed E-state index contributed by atoms with van der Waals surface area (Å²) in [5.74, 6) is 0. The van der Waals surface area contributed by atoms with E-state index < -0.39 is 6.10 Å². The predicted molar refractivity (Wildman–Crippen MR) is 81.9 cm³/mol. The fraction of sp³-hybridized carbons (Fsp3) is 0.118. The maximum absolute atomic E-state index is 10.3. The van der Waals surface area contributed by atoms with Crippen LogP contribution in [-0.2, 0) is 6.42 Å². The lowest BCUT2D eigenvalue weighted by Gasteiger charge is -2.12. The van der Waals surface area contributed by atoms with E-state index in [0.29, 0.717) is 17.1 Å². The molecule has 0 fully saturated rings. The monoisotopic (exact) mass is 283 g/mol. The molecular formula is C17H14ClNO. The van der Waals surface area contributed by atoms with Crippen molar-refractivity contribution in [1.82, 2.24) is 4.98 Å². The zero-order valence-corrected chi connectivity index (χ0v) is 11.6. The number of hydrogen-bond acceptors (Lipinski definition) is 2. The molecule has 0 saturated heterocycles. The fourth-order valence-electron chi connectivity index (χ4n) is 2.37. The van der Waals surface area contributed by atoms with Crippen molar-refractivity contribution in [3.8, 4) is 0 Å². The molecule has 3 heteroatoms. The average Bonchev–Trinajstić information content (AvgIpc) is 2.48. The third kappa shape index (κ3) is 2.67. The van der Waals surface area contributed by atoms with Crippen LogP contribution in [0.2, 0.25) is 5.02 Å². The van der Waals surface area contributed by atoms with Crippen LogP contribution in [-0.4, -0.2) is 10.1 Å². The Bertz CT molecular complexity index is 719. The highest BCUT2D eigenvalue weighted by Crippen LogP contribution is 2.24. The summed E-state index contributed by atoms with van der Waals surface area (Å²) in [4.78, 5) is 4.17. The first-order chi connectivity index (χ1) is 9.74. The van der Waals surface area contributed by atoms with Gasteiger partial charge in [-0.3, -0.25) is 4.98 Å². The number of fused-ring (bicyclic) bond motifs is 1. The molecule has 1 N–H and O–H groups in total. The number of aromatic nitrogens is 1. The maximum atomic E-state index is 10.3. The van der Waals surface area contributed by atoms with Gasteiger partial charge in [0.05, 0.1) is 16.8 Å². The van der Waals surface area contributed by atoms with Crippen molar-refractivity contribution in [3.63, 3.8) is 0 Å². The zero-order valence-electron chi connectivity index (χ0n) is 10.8. The highest BCUT2D eigenvalue weighted by atomic mass is 35.5. The molecule has 0 bridgehead atoms. The van der Waals surface area contributed by atoms with Crippen LogP contribution in [0, 0.1) is 0 Å². The van der Waals surface area contributed by atoms with Gasteiger partial charge in [-0.25, -0.2) is 0 Å². The number of pyridine rings is 1. The van der Waals surface area contributed by atoms with Crippen LogP contribution in [0.4, 0.5) is 0 Å². The lowest BCUT2D eigenvalue weighted by atomic mass is 9.98. The van der Waals surface area contributed by atoms with Crippen molar-refractivity contribution in [2.75, 3.05) is 0 Å². The summed E-state index contributed by atoms with van der Waals surface area (Å²) in [6, 6.07) is 17.8. The molecule has 0 spiro atoms. The van der Waals surface area contributed by atoms with Crippen molar-refractivity contribution in [2.24, 2.45) is 0 Å². The summed E-state index contributed by atoms with van der Waals surface area (Å²) in [6.07, 6.45) is 1.47. The number of benzene rings is 2. The van der Waals surface area contributed by atoms with Crippen LogP contribution >= 0.6 is 11.6 Å². The van der Waals surface area contributed by atoms with Gasteiger partial charge < -0.3 is 5.11 Å². The number of hydrogen-bond donors (Lipinski definition) is 1. The van der Waals surface area contributed by atoms with Crippen molar-refractivity contribution >= 4 is 22.4 Å². The van der Waals surface area contributed by atoms with Crippen LogP contribution in [0.5, 0.6) is 0 Å². The molecule has 0 amide bonds. The van der Waals surface area contributed by atoms with Gasteiger partial charge in [0.1, 0.15) is 0 Å². The van der Waals surface area contributed by atoms with Crippen molar-refractivity contribution in [2.45, 2.75) is 12.5 Å². The highest BCUT2D eigenvalue weighted by Gasteiger charge is 2.11. The Balaban J connectivity index is 1.91. The number of nitrogens with zero attached hydrogens (tertiary/aromatic N) is 1. The van der Waals surface area contributed by atoms with Crippen LogP contribution in [0.3, 0.4) is 0 Å². The standard InChI is InChI=1S/C17H14ClNO/c18-14-8-9-16(19-11-14)17(20)10-13-6-3-5-12-4-1-2-7-15(12)13/h1-9,11,17,20H,10H2. The predicted octanol–water partition coefficient (Wildman–Crippen LogP) is 4.16. The van der Waals surface area contributed by atoms with E-state index in [4.69, 9.17) is 11.6 Å². The molecule has 20 heavy (non-hydrogen) atoms. The molecule has 3 aromatic rings. The molecule has 1 heterocycles. The maximum Gasteiger partial charge on any atom is 0.1000 e. The highest BCUT2D eigenvalue weighted by molar-refractivity contribution is 6.30. The number of aliphatic hydroxyl groups excluding tert-OH is 1. The minimum absolute atomic E-state index is 0.538. The van der Waals surface area contributed by atoms with Crippen LogP contribution in [0.1, 0.15) is 17.4 Å². The van der Waals surface area contributed by atoms with Crippen molar-refractivity contribution in [1.29, 1.82) is 0 Å². The summed E-state index contributed by atoms with van der Waals surface area (Å²) in [5, 5.41) is 13.2. The van der Waals surface area contributed by atoms with Crippen molar-refractivity contribution < 1.29 is 5.11 Å². The van der Waals surface area contributed by atoms with Crippen LogP contribution in [0.25, 0.3) is 10.8 Å². The molecule has 0 radical (unpaired) electrons. The smallest absolute Gasteiger partial charge is 0.1000 e. The molecule has 0 aliphatic heterocycles. The molecule has 2 aromatic carbocycles. The molecule has 1 atom stereocenters. The van der Waals surface area contributed by atoms with E-state index in [9.17, 15) is 5.11 Å². The number of rotatable bonds is 3. The Labute approximate surface area is 122 Å². The second-order valence-corrected chi connectivity index (χ2v) is 5.20. The summed E-state index contributed by atoms with van der Waals surface area (Å²) >= 11 is 5.81. The summed E-state index contributed by atoms with van der Waals surface area (Å²) in [7, 11) is 0. The Kier molecular flexibility index (Phi) is 3.68. The Hall–Kier alpha value is -1.90. The summed E-state index contributed by atoms with van der Waals surface area (Å²) in [6.45, 7) is 0. The lowest BCUT2D eigenvalue weighted by molar-refractivity contribution is 0.174. The van der Waals surface area contributed by atoms with Gasteiger partial charge in [0.25, 0.3) is 0 Å². The molecule has 0 aliphatic rings. The first-order valence-corrected chi connectivity index (χ1v) is 6.88. The summed E-state index contributed by atoms with van der Waals surface area (Å²) < 4.78 is 0. The SMILES string of the molecule is OC(Cc1cccc2ccccc12)c1ccc(Cl)cn1. The first-order valence-electron chi connectivity index (χ1n) is 6.50. The number of aliphatic hydroxyl groups is 1. The van der Waals surface area contributed by atoms with Crippen LogP contribution in [0.15, 0.2) is 60.8 Å². The second kappa shape index (κ2) is 5.61. The Morgan fingerprint density at radius 1 is 1.00 bits per heavy atom. The van der Waals surface area contributed by atoms with Gasteiger partial charge in [-0.2, -0.15) is 0 Å². The fourth-order valence-corrected chi connectivity index (χ4v) is 2.48. The van der Waals surface area contributed by atoms with Gasteiger partial charge in [-0.1, -0.05) is 54.1 Å². The summed E-state index contributed by atoms with van der Waals surface area (Å²) in [5.41, 5.74) is 1.76. The van der Waals surface area contributed by atoms with E-state index in [0.717, 1.165) is 5.56 Å². The van der Waals surface area contributed by atoms with Gasteiger partial charge in [-0.15, -0.1) is 0 Å². The molecule has 1 unspecified atom stereocenters. The second-order valence-electron chi connectivity index (χ2n) is 4.76. The van der Waals surface area contributed by atoms with E-state index in [1.54, 1.807) is 18.3 Å². The molecule has 2 nitrogen and oxygen atoms in total. The Morgan fingerprint density at radius 2 is 1.80 bits per heavy atom. The van der Waals surface area contributed by atoms with E-state index in [2.05, 4.69) is 23.2 Å². The van der Waals surface area contributed by atoms with Gasteiger partial charge in [0, 0.05) is 12.6 Å². The molecule has 3 rings (SSSR count). The van der Waals surface area contributed by atoms with E-state index in [-0.39, 0.29) is 0 Å². The molecular weight excluding hydrogens is 270 g/mol. The first kappa shape index (κ1) is 13.1.